The van der Waals surface area contributed by atoms with Gasteiger partial charge in [-0.25, -0.2) is 13.6 Å². The molecule has 0 aliphatic heterocycles. The Labute approximate surface area is 275 Å². The normalized spacial score (nSPS) is 11.6. The average Bonchev–Trinajstić information content (AvgIpc) is 3.05. The SMILES string of the molecule is CCc1cccc(CC)c1N(Cc1cc(F)cc(F)c1)Cc1ccc(C(=O)N[C@@H](CCSC)C(=O)OC)c(-c2ccccc2C)c1. The highest BCUT2D eigenvalue weighted by atomic mass is 32.2. The number of para-hydroxylation sites is 1. The largest absolute Gasteiger partial charge is 0.467 e. The summed E-state index contributed by atoms with van der Waals surface area (Å²) in [6.45, 7) is 6.92. The zero-order valence-corrected chi connectivity index (χ0v) is 28.0. The number of esters is 1. The fourth-order valence-electron chi connectivity index (χ4n) is 5.83. The lowest BCUT2D eigenvalue weighted by atomic mass is 9.93. The molecule has 0 bridgehead atoms. The number of rotatable bonds is 14. The predicted molar refractivity (Wildman–Crippen MR) is 184 cm³/mol. The van der Waals surface area contributed by atoms with Crippen LogP contribution in [-0.2, 0) is 35.5 Å². The quantitative estimate of drug-likeness (QED) is 0.140. The molecule has 0 saturated carbocycles. The summed E-state index contributed by atoms with van der Waals surface area (Å²) in [7, 11) is 1.32. The summed E-state index contributed by atoms with van der Waals surface area (Å²) in [5, 5.41) is 2.90. The van der Waals surface area contributed by atoms with Crippen molar-refractivity contribution in [3.63, 3.8) is 0 Å². The summed E-state index contributed by atoms with van der Waals surface area (Å²) < 4.78 is 33.6. The highest BCUT2D eigenvalue weighted by Crippen LogP contribution is 2.33. The first kappa shape index (κ1) is 34.7. The molecule has 8 heteroatoms. The Morgan fingerprint density at radius 1 is 0.848 bits per heavy atom. The Morgan fingerprint density at radius 2 is 1.50 bits per heavy atom. The van der Waals surface area contributed by atoms with Gasteiger partial charge in [0.1, 0.15) is 17.7 Å². The summed E-state index contributed by atoms with van der Waals surface area (Å²) in [5.74, 6) is -1.39. The Bertz CT molecular complexity index is 1630. The number of anilines is 1. The summed E-state index contributed by atoms with van der Waals surface area (Å²) in [4.78, 5) is 28.4. The van der Waals surface area contributed by atoms with Gasteiger partial charge in [-0.1, -0.05) is 62.4 Å². The number of hydrogen-bond donors (Lipinski definition) is 1. The lowest BCUT2D eigenvalue weighted by Crippen LogP contribution is -2.42. The minimum absolute atomic E-state index is 0.289. The van der Waals surface area contributed by atoms with Crippen LogP contribution in [0.1, 0.15) is 58.4 Å². The zero-order chi connectivity index (χ0) is 33.2. The fraction of sp³-hybridized carbons (Fsp3) is 0.316. The lowest BCUT2D eigenvalue weighted by molar-refractivity contribution is -0.142. The van der Waals surface area contributed by atoms with Crippen molar-refractivity contribution in [2.75, 3.05) is 24.0 Å². The number of amides is 1. The highest BCUT2D eigenvalue weighted by molar-refractivity contribution is 7.98. The number of nitrogens with zero attached hydrogens (tertiary/aromatic N) is 1. The fourth-order valence-corrected chi connectivity index (χ4v) is 6.30. The molecule has 4 rings (SSSR count). The average molecular weight is 645 g/mol. The molecule has 5 nitrogen and oxygen atoms in total. The van der Waals surface area contributed by atoms with Crippen molar-refractivity contribution in [1.29, 1.82) is 0 Å². The molecule has 0 unspecified atom stereocenters. The van der Waals surface area contributed by atoms with Gasteiger partial charge in [0.25, 0.3) is 5.91 Å². The highest BCUT2D eigenvalue weighted by Gasteiger charge is 2.24. The van der Waals surface area contributed by atoms with Gasteiger partial charge in [0.2, 0.25) is 0 Å². The number of nitrogens with one attached hydrogen (secondary N) is 1. The van der Waals surface area contributed by atoms with Crippen LogP contribution in [0.25, 0.3) is 11.1 Å². The second-order valence-corrected chi connectivity index (χ2v) is 12.3. The van der Waals surface area contributed by atoms with E-state index >= 15 is 0 Å². The number of carbonyl (C=O) groups is 2. The van der Waals surface area contributed by atoms with E-state index in [0.717, 1.165) is 58.0 Å². The van der Waals surface area contributed by atoms with Crippen LogP contribution in [0.5, 0.6) is 0 Å². The molecule has 1 N–H and O–H groups in total. The van der Waals surface area contributed by atoms with Crippen molar-refractivity contribution >= 4 is 29.3 Å². The summed E-state index contributed by atoms with van der Waals surface area (Å²) >= 11 is 1.59. The molecule has 4 aromatic carbocycles. The third-order valence-electron chi connectivity index (χ3n) is 8.12. The maximum atomic E-state index is 14.3. The monoisotopic (exact) mass is 644 g/mol. The van der Waals surface area contributed by atoms with E-state index in [0.29, 0.717) is 29.8 Å². The molecule has 0 aliphatic rings. The van der Waals surface area contributed by atoms with E-state index in [4.69, 9.17) is 4.74 Å². The maximum absolute atomic E-state index is 14.3. The first-order valence-corrected chi connectivity index (χ1v) is 17.0. The molecule has 0 aromatic heterocycles. The number of halogens is 2. The summed E-state index contributed by atoms with van der Waals surface area (Å²) in [6, 6.07) is 22.7. The first-order valence-electron chi connectivity index (χ1n) is 15.6. The van der Waals surface area contributed by atoms with Gasteiger partial charge in [-0.05, 0) is 101 Å². The van der Waals surface area contributed by atoms with Gasteiger partial charge in [-0.2, -0.15) is 11.8 Å². The van der Waals surface area contributed by atoms with Crippen LogP contribution in [0.15, 0.2) is 78.9 Å². The molecule has 0 saturated heterocycles. The van der Waals surface area contributed by atoms with E-state index in [1.807, 2.05) is 55.6 Å². The van der Waals surface area contributed by atoms with E-state index in [-0.39, 0.29) is 12.5 Å². The second-order valence-electron chi connectivity index (χ2n) is 11.3. The molecular formula is C38H42F2N2O3S. The minimum Gasteiger partial charge on any atom is -0.467 e. The van der Waals surface area contributed by atoms with Crippen molar-refractivity contribution in [2.45, 2.75) is 59.2 Å². The Hall–Kier alpha value is -4.17. The van der Waals surface area contributed by atoms with Crippen molar-refractivity contribution in [2.24, 2.45) is 0 Å². The van der Waals surface area contributed by atoms with E-state index in [9.17, 15) is 18.4 Å². The topological polar surface area (TPSA) is 58.6 Å². The Morgan fingerprint density at radius 3 is 2.11 bits per heavy atom. The number of thioether (sulfide) groups is 1. The minimum atomic E-state index is -0.769. The number of benzene rings is 4. The Kier molecular flexibility index (Phi) is 12.4. The van der Waals surface area contributed by atoms with Crippen molar-refractivity contribution in [3.8, 4) is 11.1 Å². The van der Waals surface area contributed by atoms with Crippen LogP contribution in [0.3, 0.4) is 0 Å². The van der Waals surface area contributed by atoms with Crippen LogP contribution >= 0.6 is 11.8 Å². The second kappa shape index (κ2) is 16.4. The predicted octanol–water partition coefficient (Wildman–Crippen LogP) is 8.30. The molecule has 0 heterocycles. The Balaban J connectivity index is 1.81. The summed E-state index contributed by atoms with van der Waals surface area (Å²) in [6.07, 6.45) is 3.98. The van der Waals surface area contributed by atoms with Gasteiger partial charge in [-0.3, -0.25) is 4.79 Å². The number of aryl methyl sites for hydroxylation is 3. The van der Waals surface area contributed by atoms with Crippen LogP contribution in [0.4, 0.5) is 14.5 Å². The van der Waals surface area contributed by atoms with Crippen LogP contribution in [0, 0.1) is 18.6 Å². The number of carbonyl (C=O) groups excluding carboxylic acids is 2. The molecule has 1 amide bonds. The molecule has 0 fully saturated rings. The molecule has 4 aromatic rings. The molecule has 46 heavy (non-hydrogen) atoms. The maximum Gasteiger partial charge on any atom is 0.328 e. The standard InChI is InChI=1S/C38H42F2N2O3S/c1-6-28-12-10-13-29(7-2)36(28)42(24-27-19-30(39)22-31(40)20-27)23-26-15-16-33(34(21-26)32-14-9-8-11-25(32)3)37(43)41-35(17-18-46-5)38(44)45-4/h8-16,19-22,35H,6-7,17-18,23-24H2,1-5H3,(H,41,43)/t35-/m0/s1. The van der Waals surface area contributed by atoms with E-state index in [1.54, 1.807) is 17.8 Å². The van der Waals surface area contributed by atoms with Crippen LogP contribution in [0.2, 0.25) is 0 Å². The van der Waals surface area contributed by atoms with Crippen molar-refractivity contribution in [1.82, 2.24) is 5.32 Å². The van der Waals surface area contributed by atoms with Crippen LogP contribution < -0.4 is 10.2 Å². The molecule has 0 radical (unpaired) electrons. The van der Waals surface area contributed by atoms with Gasteiger partial charge in [0.15, 0.2) is 0 Å². The third kappa shape index (κ3) is 8.55. The number of ether oxygens (including phenoxy) is 1. The van der Waals surface area contributed by atoms with Crippen molar-refractivity contribution in [3.05, 3.63) is 124 Å². The lowest BCUT2D eigenvalue weighted by Gasteiger charge is -2.30. The molecule has 0 spiro atoms. The third-order valence-corrected chi connectivity index (χ3v) is 8.76. The van der Waals surface area contributed by atoms with Crippen LogP contribution in [-0.4, -0.2) is 37.0 Å². The van der Waals surface area contributed by atoms with Gasteiger partial charge < -0.3 is 15.0 Å². The first-order chi connectivity index (χ1) is 22.2. The molecule has 1 atom stereocenters. The summed E-state index contributed by atoms with van der Waals surface area (Å²) in [5.41, 5.74) is 7.86. The number of methoxy groups -OCH3 is 1. The van der Waals surface area contributed by atoms with Gasteiger partial charge in [-0.15, -0.1) is 0 Å². The van der Waals surface area contributed by atoms with Gasteiger partial charge >= 0.3 is 5.97 Å². The van der Waals surface area contributed by atoms with Crippen molar-refractivity contribution < 1.29 is 23.1 Å². The molecule has 242 valence electrons. The number of hydrogen-bond acceptors (Lipinski definition) is 5. The molecular weight excluding hydrogens is 602 g/mol. The molecule has 0 aliphatic carbocycles. The van der Waals surface area contributed by atoms with E-state index in [1.165, 1.54) is 19.2 Å². The van der Waals surface area contributed by atoms with E-state index in [2.05, 4.69) is 36.2 Å². The smallest absolute Gasteiger partial charge is 0.328 e. The van der Waals surface area contributed by atoms with E-state index < -0.39 is 23.6 Å². The van der Waals surface area contributed by atoms with Gasteiger partial charge in [0, 0.05) is 30.4 Å². The zero-order valence-electron chi connectivity index (χ0n) is 27.2. The van der Waals surface area contributed by atoms with Gasteiger partial charge in [0.05, 0.1) is 7.11 Å².